The zero-order chi connectivity index (χ0) is 24.5. The second-order valence-electron chi connectivity index (χ2n) is 7.70. The Bertz CT molecular complexity index is 1120. The lowest BCUT2D eigenvalue weighted by Gasteiger charge is -2.15. The summed E-state index contributed by atoms with van der Waals surface area (Å²) < 4.78 is 11.7. The van der Waals surface area contributed by atoms with E-state index in [-0.39, 0.29) is 17.1 Å². The molecule has 0 spiro atoms. The summed E-state index contributed by atoms with van der Waals surface area (Å²) in [4.78, 5) is 24.6. The van der Waals surface area contributed by atoms with Gasteiger partial charge in [-0.25, -0.2) is 4.79 Å². The van der Waals surface area contributed by atoms with Gasteiger partial charge in [0.05, 0.1) is 24.3 Å². The van der Waals surface area contributed by atoms with E-state index in [1.807, 2.05) is 31.2 Å². The number of rotatable bonds is 12. The lowest BCUT2D eigenvalue weighted by molar-refractivity contribution is 0.0696. The molecule has 3 aromatic carbocycles. The maximum atomic E-state index is 11.7. The number of aromatic hydroxyl groups is 1. The number of Topliss-reactive ketones (excluding diaryl/α,β-unsaturated/α-hetero) is 1. The zero-order valence-electron chi connectivity index (χ0n) is 19.2. The van der Waals surface area contributed by atoms with Crippen LogP contribution in [0, 0.1) is 0 Å². The van der Waals surface area contributed by atoms with Gasteiger partial charge < -0.3 is 19.7 Å². The van der Waals surface area contributed by atoms with Gasteiger partial charge in [0.15, 0.2) is 5.78 Å². The number of ketones is 1. The first kappa shape index (κ1) is 25.2. The topological polar surface area (TPSA) is 93.1 Å². The summed E-state index contributed by atoms with van der Waals surface area (Å²) in [7, 11) is 0. The number of carbonyl (C=O) groups excluding carboxylic acids is 1. The zero-order valence-corrected chi connectivity index (χ0v) is 20.1. The van der Waals surface area contributed by atoms with Gasteiger partial charge in [-0.2, -0.15) is 0 Å². The molecule has 34 heavy (non-hydrogen) atoms. The van der Waals surface area contributed by atoms with Crippen LogP contribution in [0.15, 0.2) is 70.5 Å². The van der Waals surface area contributed by atoms with Crippen LogP contribution >= 0.6 is 11.8 Å². The predicted octanol–water partition coefficient (Wildman–Crippen LogP) is 6.24. The van der Waals surface area contributed by atoms with Gasteiger partial charge >= 0.3 is 5.97 Å². The Kier molecular flexibility index (Phi) is 8.99. The summed E-state index contributed by atoms with van der Waals surface area (Å²) in [5.74, 6) is 0.255. The molecule has 0 amide bonds. The van der Waals surface area contributed by atoms with Gasteiger partial charge in [-0.3, -0.25) is 4.79 Å². The molecule has 0 fully saturated rings. The van der Waals surface area contributed by atoms with Gasteiger partial charge in [0.2, 0.25) is 0 Å². The highest BCUT2D eigenvalue weighted by Crippen LogP contribution is 2.33. The quantitative estimate of drug-likeness (QED) is 0.234. The minimum atomic E-state index is -0.936. The fourth-order valence-electron chi connectivity index (χ4n) is 3.37. The Balaban J connectivity index is 1.47. The van der Waals surface area contributed by atoms with Crippen molar-refractivity contribution < 1.29 is 29.3 Å². The minimum Gasteiger partial charge on any atom is -0.507 e. The van der Waals surface area contributed by atoms with E-state index in [4.69, 9.17) is 14.6 Å². The number of aromatic carboxylic acids is 1. The first-order valence-electron chi connectivity index (χ1n) is 11.1. The molecular weight excluding hydrogens is 452 g/mol. The number of phenols is 1. The average Bonchev–Trinajstić information content (AvgIpc) is 2.82. The Morgan fingerprint density at radius 2 is 1.50 bits per heavy atom. The van der Waals surface area contributed by atoms with Crippen molar-refractivity contribution in [2.45, 2.75) is 42.9 Å². The van der Waals surface area contributed by atoms with E-state index < -0.39 is 5.97 Å². The van der Waals surface area contributed by atoms with Crippen molar-refractivity contribution in [3.63, 3.8) is 0 Å². The summed E-state index contributed by atoms with van der Waals surface area (Å²) >= 11 is 1.55. The van der Waals surface area contributed by atoms with Crippen molar-refractivity contribution in [1.29, 1.82) is 0 Å². The van der Waals surface area contributed by atoms with Crippen LogP contribution in [0.5, 0.6) is 17.2 Å². The number of carboxylic acid groups (broad SMARTS) is 1. The van der Waals surface area contributed by atoms with Crippen LogP contribution in [0.25, 0.3) is 0 Å². The predicted molar refractivity (Wildman–Crippen MR) is 132 cm³/mol. The molecule has 0 unspecified atom stereocenters. The van der Waals surface area contributed by atoms with E-state index in [1.165, 1.54) is 6.92 Å². The largest absolute Gasteiger partial charge is 0.507 e. The molecule has 0 aliphatic rings. The third kappa shape index (κ3) is 6.78. The summed E-state index contributed by atoms with van der Waals surface area (Å²) in [6.07, 6.45) is 2.12. The average molecular weight is 481 g/mol. The molecule has 0 atom stereocenters. The highest BCUT2D eigenvalue weighted by molar-refractivity contribution is 7.99. The van der Waals surface area contributed by atoms with E-state index in [0.29, 0.717) is 42.9 Å². The van der Waals surface area contributed by atoms with Crippen molar-refractivity contribution >= 4 is 23.5 Å². The molecule has 6 nitrogen and oxygen atoms in total. The third-order valence-corrected chi connectivity index (χ3v) is 6.11. The van der Waals surface area contributed by atoms with Crippen molar-refractivity contribution in [3.8, 4) is 17.2 Å². The molecule has 7 heteroatoms. The highest BCUT2D eigenvalue weighted by Gasteiger charge is 2.15. The van der Waals surface area contributed by atoms with E-state index in [0.717, 1.165) is 22.0 Å². The molecule has 0 saturated carbocycles. The van der Waals surface area contributed by atoms with E-state index >= 15 is 0 Å². The number of ether oxygens (including phenoxy) is 2. The first-order valence-corrected chi connectivity index (χ1v) is 11.9. The fraction of sp³-hybridized carbons (Fsp3) is 0.259. The van der Waals surface area contributed by atoms with Crippen LogP contribution in [0.3, 0.4) is 0 Å². The van der Waals surface area contributed by atoms with Crippen LogP contribution in [0.4, 0.5) is 0 Å². The fourth-order valence-corrected chi connectivity index (χ4v) is 4.18. The summed E-state index contributed by atoms with van der Waals surface area (Å²) in [5, 5.41) is 19.4. The lowest BCUT2D eigenvalue weighted by atomic mass is 10.0. The van der Waals surface area contributed by atoms with Gasteiger partial charge in [-0.15, -0.1) is 0 Å². The second-order valence-corrected chi connectivity index (χ2v) is 8.85. The smallest absolute Gasteiger partial charge is 0.335 e. The van der Waals surface area contributed by atoms with Crippen LogP contribution in [-0.4, -0.2) is 35.2 Å². The first-order chi connectivity index (χ1) is 16.4. The Labute approximate surface area is 203 Å². The van der Waals surface area contributed by atoms with Crippen molar-refractivity contribution in [2.75, 3.05) is 13.2 Å². The van der Waals surface area contributed by atoms with E-state index in [1.54, 1.807) is 48.2 Å². The van der Waals surface area contributed by atoms with Crippen LogP contribution in [0.2, 0.25) is 0 Å². The maximum absolute atomic E-state index is 11.7. The van der Waals surface area contributed by atoms with E-state index in [2.05, 4.69) is 0 Å². The second kappa shape index (κ2) is 12.1. The maximum Gasteiger partial charge on any atom is 0.335 e. The summed E-state index contributed by atoms with van der Waals surface area (Å²) in [6, 6.07) is 17.8. The Morgan fingerprint density at radius 1 is 0.882 bits per heavy atom. The molecule has 0 bridgehead atoms. The van der Waals surface area contributed by atoms with Crippen molar-refractivity contribution in [2.24, 2.45) is 0 Å². The van der Waals surface area contributed by atoms with Gasteiger partial charge in [-0.05, 0) is 74.0 Å². The van der Waals surface area contributed by atoms with Gasteiger partial charge in [0.1, 0.15) is 17.2 Å². The van der Waals surface area contributed by atoms with Crippen LogP contribution < -0.4 is 9.47 Å². The normalized spacial score (nSPS) is 10.6. The monoisotopic (exact) mass is 480 g/mol. The molecular formula is C27H28O6S. The highest BCUT2D eigenvalue weighted by atomic mass is 32.2. The Hall–Kier alpha value is -3.45. The number of phenolic OH excluding ortho intramolecular Hbond substituents is 1. The molecule has 0 radical (unpaired) electrons. The SMILES string of the molecule is CCCc1c(OCCCOc2ccc(Sc3ccc(C(=O)O)cc3)cc2)ccc(C(C)=O)c1O. The number of benzene rings is 3. The number of hydrogen-bond acceptors (Lipinski definition) is 6. The van der Waals surface area contributed by atoms with Crippen molar-refractivity contribution in [3.05, 3.63) is 77.4 Å². The van der Waals surface area contributed by atoms with Crippen LogP contribution in [0.1, 0.15) is 53.0 Å². The van der Waals surface area contributed by atoms with Crippen molar-refractivity contribution in [1.82, 2.24) is 0 Å². The Morgan fingerprint density at radius 3 is 2.09 bits per heavy atom. The van der Waals surface area contributed by atoms with Gasteiger partial charge in [0, 0.05) is 21.8 Å². The summed E-state index contributed by atoms with van der Waals surface area (Å²) in [5.41, 5.74) is 1.25. The molecule has 0 heterocycles. The number of carbonyl (C=O) groups is 2. The van der Waals surface area contributed by atoms with Gasteiger partial charge in [-0.1, -0.05) is 25.1 Å². The lowest BCUT2D eigenvalue weighted by Crippen LogP contribution is -2.07. The summed E-state index contributed by atoms with van der Waals surface area (Å²) in [6.45, 7) is 4.35. The molecule has 0 saturated heterocycles. The van der Waals surface area contributed by atoms with Gasteiger partial charge in [0.25, 0.3) is 0 Å². The molecule has 0 aliphatic carbocycles. The standard InChI is InChI=1S/C27H28O6S/c1-3-5-24-25(15-14-23(18(2)28)26(24)29)33-17-4-16-32-20-8-12-22(13-9-20)34-21-10-6-19(7-11-21)27(30)31/h6-15,29H,3-5,16-17H2,1-2H3,(H,30,31). The third-order valence-electron chi connectivity index (χ3n) is 5.09. The molecule has 2 N–H and O–H groups in total. The minimum absolute atomic E-state index is 0.0129. The number of carboxylic acids is 1. The van der Waals surface area contributed by atoms with Crippen LogP contribution in [-0.2, 0) is 6.42 Å². The molecule has 3 rings (SSSR count). The van der Waals surface area contributed by atoms with E-state index in [9.17, 15) is 14.7 Å². The molecule has 3 aromatic rings. The molecule has 178 valence electrons. The molecule has 0 aromatic heterocycles. The molecule has 0 aliphatic heterocycles. The number of hydrogen-bond donors (Lipinski definition) is 2.